The van der Waals surface area contributed by atoms with Crippen molar-refractivity contribution in [2.45, 2.75) is 31.6 Å². The van der Waals surface area contributed by atoms with Crippen LogP contribution in [0.2, 0.25) is 6.32 Å². The monoisotopic (exact) mass is 184 g/mol. The first-order chi connectivity index (χ1) is 6.26. The highest BCUT2D eigenvalue weighted by atomic mass is 16.1. The Hall–Kier alpha value is -0.345. The molecule has 0 aromatic heterocycles. The Morgan fingerprint density at radius 3 is 2.54 bits per heavy atom. The zero-order valence-corrected chi connectivity index (χ0v) is 9.02. The van der Waals surface area contributed by atoms with E-state index in [1.165, 1.54) is 0 Å². The molecular weight excluding hydrogens is 163 g/mol. The van der Waals surface area contributed by atoms with Crippen LogP contribution in [-0.4, -0.2) is 40.3 Å². The standard InChI is InChI=1S/C9H21BN2O/c1-11-6-4-3-5-8(12-2)9(13)7-10/h8,11-12H,3-7,10H2,1-2H3. The molecule has 2 N–H and O–H groups in total. The van der Waals surface area contributed by atoms with Crippen LogP contribution >= 0.6 is 0 Å². The Labute approximate surface area is 82.1 Å². The van der Waals surface area contributed by atoms with Gasteiger partial charge < -0.3 is 10.6 Å². The number of rotatable bonds is 8. The molecule has 0 bridgehead atoms. The number of unbranched alkanes of at least 4 members (excludes halogenated alkanes) is 1. The molecule has 0 amide bonds. The van der Waals surface area contributed by atoms with E-state index in [4.69, 9.17) is 0 Å². The van der Waals surface area contributed by atoms with Crippen molar-refractivity contribution in [1.29, 1.82) is 0 Å². The average molecular weight is 184 g/mol. The number of carbonyl (C=O) groups excluding carboxylic acids is 1. The van der Waals surface area contributed by atoms with Crippen LogP contribution in [0.5, 0.6) is 0 Å². The zero-order chi connectivity index (χ0) is 10.1. The van der Waals surface area contributed by atoms with E-state index < -0.39 is 0 Å². The molecule has 3 nitrogen and oxygen atoms in total. The Morgan fingerprint density at radius 2 is 2.08 bits per heavy atom. The van der Waals surface area contributed by atoms with Crippen LogP contribution in [0.15, 0.2) is 0 Å². The minimum absolute atomic E-state index is 0.0712. The van der Waals surface area contributed by atoms with Gasteiger partial charge in [0.2, 0.25) is 0 Å². The van der Waals surface area contributed by atoms with Crippen LogP contribution < -0.4 is 10.6 Å². The second kappa shape index (κ2) is 8.26. The topological polar surface area (TPSA) is 41.1 Å². The Bertz CT molecular complexity index is 142. The molecule has 0 rings (SSSR count). The van der Waals surface area contributed by atoms with Gasteiger partial charge in [-0.2, -0.15) is 0 Å². The maximum Gasteiger partial charge on any atom is 0.141 e. The van der Waals surface area contributed by atoms with Gasteiger partial charge in [0.1, 0.15) is 13.6 Å². The molecule has 0 fully saturated rings. The van der Waals surface area contributed by atoms with Gasteiger partial charge in [0.25, 0.3) is 0 Å². The summed E-state index contributed by atoms with van der Waals surface area (Å²) in [5.41, 5.74) is 0. The smallest absolute Gasteiger partial charge is 0.141 e. The summed E-state index contributed by atoms with van der Waals surface area (Å²) >= 11 is 0. The summed E-state index contributed by atoms with van der Waals surface area (Å²) in [7, 11) is 5.73. The third kappa shape index (κ3) is 5.83. The molecule has 1 atom stereocenters. The summed E-state index contributed by atoms with van der Waals surface area (Å²) in [4.78, 5) is 11.3. The molecule has 0 radical (unpaired) electrons. The van der Waals surface area contributed by atoms with E-state index in [0.29, 0.717) is 12.1 Å². The lowest BCUT2D eigenvalue weighted by Gasteiger charge is -2.13. The van der Waals surface area contributed by atoms with Crippen molar-refractivity contribution in [3.8, 4) is 0 Å². The van der Waals surface area contributed by atoms with Gasteiger partial charge in [0, 0.05) is 0 Å². The van der Waals surface area contributed by atoms with E-state index in [9.17, 15) is 4.79 Å². The molecule has 0 saturated heterocycles. The third-order valence-corrected chi connectivity index (χ3v) is 2.26. The van der Waals surface area contributed by atoms with Crippen molar-refractivity contribution in [3.63, 3.8) is 0 Å². The predicted octanol–water partition coefficient (Wildman–Crippen LogP) is -0.415. The lowest BCUT2D eigenvalue weighted by Crippen LogP contribution is -2.33. The van der Waals surface area contributed by atoms with Crippen LogP contribution in [-0.2, 0) is 4.79 Å². The SMILES string of the molecule is BCC(=O)C(CCCCNC)NC. The molecule has 0 aliphatic carbocycles. The van der Waals surface area contributed by atoms with Crippen LogP contribution in [0.1, 0.15) is 19.3 Å². The fourth-order valence-electron chi connectivity index (χ4n) is 1.36. The lowest BCUT2D eigenvalue weighted by molar-refractivity contribution is -0.118. The van der Waals surface area contributed by atoms with Crippen molar-refractivity contribution < 1.29 is 4.79 Å². The average Bonchev–Trinajstić information content (AvgIpc) is 2.17. The second-order valence-corrected chi connectivity index (χ2v) is 3.26. The molecule has 76 valence electrons. The van der Waals surface area contributed by atoms with Crippen molar-refractivity contribution in [2.75, 3.05) is 20.6 Å². The highest BCUT2D eigenvalue weighted by molar-refractivity contribution is 6.21. The van der Waals surface area contributed by atoms with E-state index in [1.54, 1.807) is 0 Å². The number of likely N-dealkylation sites (N-methyl/N-ethyl adjacent to an activating group) is 1. The number of hydrogen-bond donors (Lipinski definition) is 2. The Morgan fingerprint density at radius 1 is 1.38 bits per heavy atom. The number of ketones is 1. The second-order valence-electron chi connectivity index (χ2n) is 3.26. The fourth-order valence-corrected chi connectivity index (χ4v) is 1.36. The molecule has 4 heteroatoms. The number of carbonyl (C=O) groups is 1. The molecule has 1 unspecified atom stereocenters. The first kappa shape index (κ1) is 12.7. The molecule has 0 aliphatic rings. The number of hydrogen-bond acceptors (Lipinski definition) is 3. The van der Waals surface area contributed by atoms with Crippen molar-refractivity contribution in [2.24, 2.45) is 0 Å². The molecule has 13 heavy (non-hydrogen) atoms. The van der Waals surface area contributed by atoms with Gasteiger partial charge in [-0.1, -0.05) is 6.42 Å². The van der Waals surface area contributed by atoms with Gasteiger partial charge >= 0.3 is 0 Å². The summed E-state index contributed by atoms with van der Waals surface area (Å²) in [6, 6.07) is 0.0712. The maximum atomic E-state index is 11.3. The van der Waals surface area contributed by atoms with Crippen LogP contribution in [0, 0.1) is 0 Å². The fraction of sp³-hybridized carbons (Fsp3) is 0.889. The Kier molecular flexibility index (Phi) is 8.04. The number of Topliss-reactive ketones (excluding diaryl/α,β-unsaturated/α-hetero) is 1. The van der Waals surface area contributed by atoms with Gasteiger partial charge in [-0.25, -0.2) is 0 Å². The third-order valence-electron chi connectivity index (χ3n) is 2.26. The summed E-state index contributed by atoms with van der Waals surface area (Å²) < 4.78 is 0. The van der Waals surface area contributed by atoms with Crippen LogP contribution in [0.3, 0.4) is 0 Å². The summed E-state index contributed by atoms with van der Waals surface area (Å²) in [5, 5.41) is 6.16. The molecule has 0 aromatic carbocycles. The molecule has 0 heterocycles. The molecular formula is C9H21BN2O. The maximum absolute atomic E-state index is 11.3. The molecule has 0 aromatic rings. The summed E-state index contributed by atoms with van der Waals surface area (Å²) in [6.45, 7) is 1.04. The highest BCUT2D eigenvalue weighted by Crippen LogP contribution is 2.02. The number of nitrogens with one attached hydrogen (secondary N) is 2. The Balaban J connectivity index is 3.53. The van der Waals surface area contributed by atoms with Gasteiger partial charge in [-0.05, 0) is 39.8 Å². The highest BCUT2D eigenvalue weighted by Gasteiger charge is 2.12. The minimum Gasteiger partial charge on any atom is -0.320 e. The van der Waals surface area contributed by atoms with Crippen LogP contribution in [0.25, 0.3) is 0 Å². The predicted molar refractivity (Wildman–Crippen MR) is 59.0 cm³/mol. The minimum atomic E-state index is 0.0712. The van der Waals surface area contributed by atoms with Gasteiger partial charge in [-0.15, -0.1) is 0 Å². The zero-order valence-electron chi connectivity index (χ0n) is 9.02. The first-order valence-corrected chi connectivity index (χ1v) is 5.10. The van der Waals surface area contributed by atoms with E-state index >= 15 is 0 Å². The lowest BCUT2D eigenvalue weighted by atomic mass is 9.93. The summed E-state index contributed by atoms with van der Waals surface area (Å²) in [6.07, 6.45) is 3.85. The quantitative estimate of drug-likeness (QED) is 0.398. The molecule has 0 aliphatic heterocycles. The molecule has 0 saturated carbocycles. The van der Waals surface area contributed by atoms with Crippen molar-refractivity contribution in [3.05, 3.63) is 0 Å². The summed E-state index contributed by atoms with van der Waals surface area (Å²) in [5.74, 6) is 0.326. The van der Waals surface area contributed by atoms with E-state index in [2.05, 4.69) is 10.6 Å². The van der Waals surface area contributed by atoms with Gasteiger partial charge in [0.05, 0.1) is 6.04 Å². The normalized spacial score (nSPS) is 12.8. The van der Waals surface area contributed by atoms with Gasteiger partial charge in [0.15, 0.2) is 0 Å². The van der Waals surface area contributed by atoms with Crippen molar-refractivity contribution in [1.82, 2.24) is 10.6 Å². The van der Waals surface area contributed by atoms with Gasteiger partial charge in [-0.3, -0.25) is 4.79 Å². The van der Waals surface area contributed by atoms with E-state index in [-0.39, 0.29) is 6.04 Å². The van der Waals surface area contributed by atoms with Crippen LogP contribution in [0.4, 0.5) is 0 Å². The van der Waals surface area contributed by atoms with Crippen molar-refractivity contribution >= 4 is 13.6 Å². The first-order valence-electron chi connectivity index (χ1n) is 5.10. The van der Waals surface area contributed by atoms with E-state index in [0.717, 1.165) is 25.8 Å². The largest absolute Gasteiger partial charge is 0.320 e. The molecule has 0 spiro atoms. The van der Waals surface area contributed by atoms with E-state index in [1.807, 2.05) is 21.9 Å².